The van der Waals surface area contributed by atoms with Crippen molar-refractivity contribution >= 4 is 5.91 Å². The summed E-state index contributed by atoms with van der Waals surface area (Å²) in [5.41, 5.74) is 5.77. The highest BCUT2D eigenvalue weighted by Gasteiger charge is 2.17. The van der Waals surface area contributed by atoms with Crippen LogP contribution < -0.4 is 11.1 Å². The van der Waals surface area contributed by atoms with E-state index in [1.54, 1.807) is 10.9 Å². The number of nitrogens with one attached hydrogen (secondary N) is 1. The number of aromatic nitrogens is 3. The summed E-state index contributed by atoms with van der Waals surface area (Å²) >= 11 is 0. The Balaban J connectivity index is 1.81. The minimum absolute atomic E-state index is 0.139. The monoisotopic (exact) mass is 237 g/mol. The van der Waals surface area contributed by atoms with Gasteiger partial charge in [-0.2, -0.15) is 0 Å². The molecule has 1 aliphatic rings. The van der Waals surface area contributed by atoms with Gasteiger partial charge in [0.05, 0.1) is 12.7 Å². The van der Waals surface area contributed by atoms with Crippen LogP contribution in [-0.4, -0.2) is 34.0 Å². The Labute approximate surface area is 101 Å². The highest BCUT2D eigenvalue weighted by Crippen LogP contribution is 2.23. The first-order valence-electron chi connectivity index (χ1n) is 6.18. The van der Waals surface area contributed by atoms with Crippen LogP contribution in [0.1, 0.15) is 36.2 Å². The number of nitrogens with two attached hydrogens (primary N) is 1. The number of amides is 1. The van der Waals surface area contributed by atoms with E-state index in [4.69, 9.17) is 5.73 Å². The molecule has 94 valence electrons. The topological polar surface area (TPSA) is 85.8 Å². The molecule has 1 heterocycles. The lowest BCUT2D eigenvalue weighted by Crippen LogP contribution is -2.28. The van der Waals surface area contributed by atoms with Crippen LogP contribution in [0.4, 0.5) is 0 Å². The smallest absolute Gasteiger partial charge is 0.273 e. The fourth-order valence-corrected chi connectivity index (χ4v) is 2.19. The summed E-state index contributed by atoms with van der Waals surface area (Å²) in [5, 5.41) is 10.6. The fourth-order valence-electron chi connectivity index (χ4n) is 2.19. The van der Waals surface area contributed by atoms with E-state index in [0.29, 0.717) is 24.7 Å². The molecule has 0 unspecified atom stereocenters. The molecule has 6 nitrogen and oxygen atoms in total. The molecule has 17 heavy (non-hydrogen) atoms. The second-order valence-electron chi connectivity index (χ2n) is 4.52. The van der Waals surface area contributed by atoms with Crippen molar-refractivity contribution in [2.75, 3.05) is 13.1 Å². The number of rotatable bonds is 5. The summed E-state index contributed by atoms with van der Waals surface area (Å²) < 4.78 is 1.59. The van der Waals surface area contributed by atoms with Gasteiger partial charge in [-0.1, -0.05) is 18.1 Å². The third-order valence-corrected chi connectivity index (χ3v) is 3.16. The Morgan fingerprint density at radius 3 is 3.00 bits per heavy atom. The molecular formula is C11H19N5O. The molecule has 0 aromatic carbocycles. The van der Waals surface area contributed by atoms with E-state index in [1.807, 2.05) is 0 Å². The van der Waals surface area contributed by atoms with Gasteiger partial charge in [0, 0.05) is 13.1 Å². The van der Waals surface area contributed by atoms with Gasteiger partial charge in [-0.25, -0.2) is 0 Å². The Morgan fingerprint density at radius 2 is 2.29 bits per heavy atom. The van der Waals surface area contributed by atoms with Crippen LogP contribution in [0, 0.1) is 5.92 Å². The van der Waals surface area contributed by atoms with Gasteiger partial charge in [0.15, 0.2) is 5.69 Å². The molecule has 0 spiro atoms. The van der Waals surface area contributed by atoms with Gasteiger partial charge in [-0.3, -0.25) is 9.48 Å². The zero-order chi connectivity index (χ0) is 12.1. The average molecular weight is 237 g/mol. The van der Waals surface area contributed by atoms with E-state index < -0.39 is 0 Å². The van der Waals surface area contributed by atoms with Gasteiger partial charge < -0.3 is 11.1 Å². The van der Waals surface area contributed by atoms with E-state index in [0.717, 1.165) is 6.54 Å². The van der Waals surface area contributed by atoms with Gasteiger partial charge in [-0.15, -0.1) is 5.10 Å². The fraction of sp³-hybridized carbons (Fsp3) is 0.727. The summed E-state index contributed by atoms with van der Waals surface area (Å²) in [6, 6.07) is 0. The molecule has 2 rings (SSSR count). The van der Waals surface area contributed by atoms with Crippen molar-refractivity contribution in [3.05, 3.63) is 11.9 Å². The molecule has 1 aromatic heterocycles. The Bertz CT molecular complexity index is 370. The van der Waals surface area contributed by atoms with E-state index in [9.17, 15) is 4.79 Å². The molecule has 0 radical (unpaired) electrons. The normalized spacial score (nSPS) is 16.3. The van der Waals surface area contributed by atoms with Crippen molar-refractivity contribution in [3.8, 4) is 0 Å². The maximum absolute atomic E-state index is 11.8. The van der Waals surface area contributed by atoms with Gasteiger partial charge in [0.2, 0.25) is 0 Å². The molecule has 0 aliphatic heterocycles. The van der Waals surface area contributed by atoms with E-state index >= 15 is 0 Å². The number of carbonyl (C=O) groups is 1. The third-order valence-electron chi connectivity index (χ3n) is 3.16. The van der Waals surface area contributed by atoms with Crippen LogP contribution in [0.2, 0.25) is 0 Å². The molecule has 0 atom stereocenters. The second kappa shape index (κ2) is 5.77. The molecule has 6 heteroatoms. The Hall–Kier alpha value is -1.43. The van der Waals surface area contributed by atoms with Gasteiger partial charge in [0.25, 0.3) is 5.91 Å². The molecular weight excluding hydrogens is 218 g/mol. The molecule has 1 saturated carbocycles. The molecule has 1 aromatic rings. The van der Waals surface area contributed by atoms with Crippen molar-refractivity contribution in [2.45, 2.75) is 32.2 Å². The summed E-state index contributed by atoms with van der Waals surface area (Å²) in [7, 11) is 0. The van der Waals surface area contributed by atoms with Crippen molar-refractivity contribution in [1.29, 1.82) is 0 Å². The Morgan fingerprint density at radius 1 is 1.53 bits per heavy atom. The quantitative estimate of drug-likeness (QED) is 0.763. The van der Waals surface area contributed by atoms with Crippen molar-refractivity contribution in [1.82, 2.24) is 20.3 Å². The standard InChI is InChI=1S/C11H19N5O/c12-5-6-16-8-10(14-15-16)11(17)13-7-9-3-1-2-4-9/h8-9H,1-7,12H2,(H,13,17). The minimum atomic E-state index is -0.139. The molecule has 0 bridgehead atoms. The number of hydrogen-bond acceptors (Lipinski definition) is 4. The zero-order valence-corrected chi connectivity index (χ0v) is 9.93. The largest absolute Gasteiger partial charge is 0.350 e. The number of hydrogen-bond donors (Lipinski definition) is 2. The molecule has 1 amide bonds. The first-order chi connectivity index (χ1) is 8.29. The van der Waals surface area contributed by atoms with Crippen LogP contribution >= 0.6 is 0 Å². The van der Waals surface area contributed by atoms with Crippen LogP contribution in [-0.2, 0) is 6.54 Å². The lowest BCUT2D eigenvalue weighted by Gasteiger charge is -2.08. The number of carbonyl (C=O) groups excluding carboxylic acids is 1. The molecule has 1 aliphatic carbocycles. The van der Waals surface area contributed by atoms with Crippen molar-refractivity contribution < 1.29 is 4.79 Å². The van der Waals surface area contributed by atoms with Gasteiger partial charge in [-0.05, 0) is 18.8 Å². The summed E-state index contributed by atoms with van der Waals surface area (Å²) in [6.07, 6.45) is 6.65. The first kappa shape index (κ1) is 12.0. The van der Waals surface area contributed by atoms with Crippen LogP contribution in [0.15, 0.2) is 6.20 Å². The van der Waals surface area contributed by atoms with E-state index in [1.165, 1.54) is 25.7 Å². The maximum atomic E-state index is 11.8. The summed E-state index contributed by atoms with van der Waals surface area (Å²) in [5.74, 6) is 0.498. The van der Waals surface area contributed by atoms with Crippen molar-refractivity contribution in [2.24, 2.45) is 11.7 Å². The molecule has 0 saturated heterocycles. The minimum Gasteiger partial charge on any atom is -0.350 e. The lowest BCUT2D eigenvalue weighted by molar-refractivity contribution is 0.0942. The van der Waals surface area contributed by atoms with Gasteiger partial charge >= 0.3 is 0 Å². The number of nitrogens with zero attached hydrogens (tertiary/aromatic N) is 3. The average Bonchev–Trinajstić information content (AvgIpc) is 2.97. The maximum Gasteiger partial charge on any atom is 0.273 e. The highest BCUT2D eigenvalue weighted by molar-refractivity contribution is 5.91. The highest BCUT2D eigenvalue weighted by atomic mass is 16.2. The predicted molar refractivity (Wildman–Crippen MR) is 63.4 cm³/mol. The molecule has 3 N–H and O–H groups in total. The van der Waals surface area contributed by atoms with Crippen LogP contribution in [0.3, 0.4) is 0 Å². The van der Waals surface area contributed by atoms with E-state index in [-0.39, 0.29) is 5.91 Å². The lowest BCUT2D eigenvalue weighted by atomic mass is 10.1. The van der Waals surface area contributed by atoms with Crippen LogP contribution in [0.5, 0.6) is 0 Å². The van der Waals surface area contributed by atoms with E-state index in [2.05, 4.69) is 15.6 Å². The second-order valence-corrected chi connectivity index (χ2v) is 4.52. The zero-order valence-electron chi connectivity index (χ0n) is 9.93. The SMILES string of the molecule is NCCn1cc(C(=O)NCC2CCCC2)nn1. The van der Waals surface area contributed by atoms with Crippen LogP contribution in [0.25, 0.3) is 0 Å². The predicted octanol–water partition coefficient (Wildman–Crippen LogP) is 0.157. The molecule has 1 fully saturated rings. The summed E-state index contributed by atoms with van der Waals surface area (Å²) in [6.45, 7) is 1.83. The Kier molecular flexibility index (Phi) is 4.08. The third kappa shape index (κ3) is 3.26. The van der Waals surface area contributed by atoms with Crippen molar-refractivity contribution in [3.63, 3.8) is 0 Å². The summed E-state index contributed by atoms with van der Waals surface area (Å²) in [4.78, 5) is 11.8. The first-order valence-corrected chi connectivity index (χ1v) is 6.18. The van der Waals surface area contributed by atoms with Gasteiger partial charge in [0.1, 0.15) is 0 Å².